The SMILES string of the molecule is C/C=C/Cc1cc(C(C)=O)c(O)cc1O. The van der Waals surface area contributed by atoms with Gasteiger partial charge in [-0.15, -0.1) is 0 Å². The Bertz CT molecular complexity index is 406. The predicted octanol–water partition coefficient (Wildman–Crippen LogP) is 2.42. The van der Waals surface area contributed by atoms with Crippen molar-refractivity contribution in [3.05, 3.63) is 35.4 Å². The third kappa shape index (κ3) is 2.59. The third-order valence-corrected chi connectivity index (χ3v) is 2.15. The Hall–Kier alpha value is -1.77. The molecule has 0 aromatic heterocycles. The Morgan fingerprint density at radius 1 is 1.33 bits per heavy atom. The Morgan fingerprint density at radius 3 is 2.53 bits per heavy atom. The molecule has 0 heterocycles. The molecule has 15 heavy (non-hydrogen) atoms. The van der Waals surface area contributed by atoms with Crippen LogP contribution in [-0.4, -0.2) is 16.0 Å². The molecular formula is C12H14O3. The number of aromatic hydroxyl groups is 2. The van der Waals surface area contributed by atoms with Gasteiger partial charge >= 0.3 is 0 Å². The third-order valence-electron chi connectivity index (χ3n) is 2.15. The van der Waals surface area contributed by atoms with Gasteiger partial charge in [-0.05, 0) is 31.9 Å². The zero-order chi connectivity index (χ0) is 11.4. The van der Waals surface area contributed by atoms with Crippen LogP contribution in [0, 0.1) is 0 Å². The van der Waals surface area contributed by atoms with E-state index >= 15 is 0 Å². The van der Waals surface area contributed by atoms with E-state index in [0.717, 1.165) is 0 Å². The second-order valence-electron chi connectivity index (χ2n) is 3.33. The smallest absolute Gasteiger partial charge is 0.163 e. The van der Waals surface area contributed by atoms with Crippen molar-refractivity contribution >= 4 is 5.78 Å². The lowest BCUT2D eigenvalue weighted by Gasteiger charge is -2.06. The highest BCUT2D eigenvalue weighted by molar-refractivity contribution is 5.97. The molecule has 0 saturated heterocycles. The molecule has 0 aliphatic carbocycles. The summed E-state index contributed by atoms with van der Waals surface area (Å²) in [6, 6.07) is 2.72. The lowest BCUT2D eigenvalue weighted by molar-refractivity contribution is 0.101. The predicted molar refractivity (Wildman–Crippen MR) is 58.3 cm³/mol. The first-order valence-electron chi connectivity index (χ1n) is 4.73. The van der Waals surface area contributed by atoms with Crippen molar-refractivity contribution in [3.8, 4) is 11.5 Å². The second-order valence-corrected chi connectivity index (χ2v) is 3.33. The summed E-state index contributed by atoms with van der Waals surface area (Å²) in [4.78, 5) is 11.1. The van der Waals surface area contributed by atoms with Crippen LogP contribution in [0.15, 0.2) is 24.3 Å². The van der Waals surface area contributed by atoms with Gasteiger partial charge in [-0.25, -0.2) is 0 Å². The normalized spacial score (nSPS) is 10.8. The van der Waals surface area contributed by atoms with Crippen LogP contribution in [0.2, 0.25) is 0 Å². The molecule has 0 radical (unpaired) electrons. The average molecular weight is 206 g/mol. The highest BCUT2D eigenvalue weighted by Gasteiger charge is 2.10. The van der Waals surface area contributed by atoms with E-state index in [2.05, 4.69) is 0 Å². The number of ketones is 1. The molecule has 3 heteroatoms. The van der Waals surface area contributed by atoms with Crippen LogP contribution >= 0.6 is 0 Å². The summed E-state index contributed by atoms with van der Waals surface area (Å²) >= 11 is 0. The number of carbonyl (C=O) groups excluding carboxylic acids is 1. The quantitative estimate of drug-likeness (QED) is 0.589. The maximum Gasteiger partial charge on any atom is 0.163 e. The topological polar surface area (TPSA) is 57.5 Å². The van der Waals surface area contributed by atoms with Crippen molar-refractivity contribution in [1.82, 2.24) is 0 Å². The van der Waals surface area contributed by atoms with Gasteiger partial charge in [-0.3, -0.25) is 4.79 Å². The molecule has 0 fully saturated rings. The minimum atomic E-state index is -0.214. The van der Waals surface area contributed by atoms with E-state index in [9.17, 15) is 15.0 Å². The molecule has 2 N–H and O–H groups in total. The summed E-state index contributed by atoms with van der Waals surface area (Å²) in [5, 5.41) is 18.9. The van der Waals surface area contributed by atoms with Crippen LogP contribution in [-0.2, 0) is 6.42 Å². The standard InChI is InChI=1S/C12H14O3/c1-3-4-5-9-6-10(8(2)13)12(15)7-11(9)14/h3-4,6-7,14-15H,5H2,1-2H3/b4-3+. The molecule has 1 aromatic rings. The van der Waals surface area contributed by atoms with Gasteiger partial charge in [0.25, 0.3) is 0 Å². The molecule has 80 valence electrons. The largest absolute Gasteiger partial charge is 0.508 e. The molecule has 0 amide bonds. The van der Waals surface area contributed by atoms with Gasteiger partial charge in [0.05, 0.1) is 5.56 Å². The molecule has 3 nitrogen and oxygen atoms in total. The van der Waals surface area contributed by atoms with Gasteiger partial charge < -0.3 is 10.2 Å². The Balaban J connectivity index is 3.17. The van der Waals surface area contributed by atoms with Gasteiger partial charge in [-0.2, -0.15) is 0 Å². The van der Waals surface area contributed by atoms with Crippen LogP contribution in [0.1, 0.15) is 29.8 Å². The zero-order valence-electron chi connectivity index (χ0n) is 8.82. The van der Waals surface area contributed by atoms with E-state index < -0.39 is 0 Å². The maximum atomic E-state index is 11.1. The number of allylic oxidation sites excluding steroid dienone is 2. The lowest BCUT2D eigenvalue weighted by atomic mass is 10.0. The second kappa shape index (κ2) is 4.64. The first kappa shape index (κ1) is 11.3. The molecule has 0 spiro atoms. The fourth-order valence-electron chi connectivity index (χ4n) is 1.31. The van der Waals surface area contributed by atoms with Crippen LogP contribution in [0.25, 0.3) is 0 Å². The number of benzene rings is 1. The Labute approximate surface area is 88.7 Å². The summed E-state index contributed by atoms with van der Waals surface area (Å²) < 4.78 is 0. The summed E-state index contributed by atoms with van der Waals surface area (Å²) in [5.41, 5.74) is 0.878. The van der Waals surface area contributed by atoms with E-state index in [1.807, 2.05) is 19.1 Å². The molecule has 1 aromatic carbocycles. The summed E-state index contributed by atoms with van der Waals surface area (Å²) in [7, 11) is 0. The van der Waals surface area contributed by atoms with Crippen molar-refractivity contribution in [3.63, 3.8) is 0 Å². The van der Waals surface area contributed by atoms with E-state index in [4.69, 9.17) is 0 Å². The van der Waals surface area contributed by atoms with E-state index in [-0.39, 0.29) is 22.8 Å². The van der Waals surface area contributed by atoms with Crippen LogP contribution in [0.5, 0.6) is 11.5 Å². The van der Waals surface area contributed by atoms with Gasteiger partial charge in [0, 0.05) is 6.07 Å². The van der Waals surface area contributed by atoms with Crippen molar-refractivity contribution in [2.45, 2.75) is 20.3 Å². The van der Waals surface area contributed by atoms with Crippen molar-refractivity contribution in [2.75, 3.05) is 0 Å². The van der Waals surface area contributed by atoms with E-state index in [1.165, 1.54) is 19.1 Å². The molecule has 0 saturated carbocycles. The highest BCUT2D eigenvalue weighted by atomic mass is 16.3. The van der Waals surface area contributed by atoms with Gasteiger partial charge in [0.2, 0.25) is 0 Å². The Kier molecular flexibility index (Phi) is 3.50. The fourth-order valence-corrected chi connectivity index (χ4v) is 1.31. The van der Waals surface area contributed by atoms with Crippen molar-refractivity contribution < 1.29 is 15.0 Å². The first-order chi connectivity index (χ1) is 7.06. The number of hydrogen-bond acceptors (Lipinski definition) is 3. The average Bonchev–Trinajstić information content (AvgIpc) is 2.16. The molecular weight excluding hydrogens is 192 g/mol. The van der Waals surface area contributed by atoms with Crippen molar-refractivity contribution in [2.24, 2.45) is 0 Å². The number of phenols is 2. The zero-order valence-corrected chi connectivity index (χ0v) is 8.82. The molecule has 0 bridgehead atoms. The van der Waals surface area contributed by atoms with Crippen LogP contribution in [0.4, 0.5) is 0 Å². The Morgan fingerprint density at radius 2 is 2.00 bits per heavy atom. The van der Waals surface area contributed by atoms with Crippen molar-refractivity contribution in [1.29, 1.82) is 0 Å². The van der Waals surface area contributed by atoms with Gasteiger partial charge in [0.1, 0.15) is 11.5 Å². The number of hydrogen-bond donors (Lipinski definition) is 2. The maximum absolute atomic E-state index is 11.1. The molecule has 0 aliphatic rings. The van der Waals surface area contributed by atoms with E-state index in [1.54, 1.807) is 0 Å². The number of phenolic OH excluding ortho intramolecular Hbond substituents is 2. The minimum absolute atomic E-state index is 0.00981. The van der Waals surface area contributed by atoms with Crippen LogP contribution in [0.3, 0.4) is 0 Å². The fraction of sp³-hybridized carbons (Fsp3) is 0.250. The van der Waals surface area contributed by atoms with E-state index in [0.29, 0.717) is 12.0 Å². The number of carbonyl (C=O) groups is 1. The van der Waals surface area contributed by atoms with Crippen LogP contribution < -0.4 is 0 Å². The lowest BCUT2D eigenvalue weighted by Crippen LogP contribution is -1.95. The minimum Gasteiger partial charge on any atom is -0.508 e. The summed E-state index contributed by atoms with van der Waals surface area (Å²) in [5.74, 6) is -0.381. The number of Topliss-reactive ketones (excluding diaryl/α,β-unsaturated/α-hetero) is 1. The monoisotopic (exact) mass is 206 g/mol. The van der Waals surface area contributed by atoms with Gasteiger partial charge in [0.15, 0.2) is 5.78 Å². The first-order valence-corrected chi connectivity index (χ1v) is 4.73. The molecule has 1 rings (SSSR count). The highest BCUT2D eigenvalue weighted by Crippen LogP contribution is 2.28. The summed E-state index contributed by atoms with van der Waals surface area (Å²) in [6.45, 7) is 3.26. The van der Waals surface area contributed by atoms with Gasteiger partial charge in [-0.1, -0.05) is 12.2 Å². The summed E-state index contributed by atoms with van der Waals surface area (Å²) in [6.07, 6.45) is 4.28. The molecule has 0 atom stereocenters. The molecule has 0 unspecified atom stereocenters. The number of rotatable bonds is 3. The molecule has 0 aliphatic heterocycles.